The number of hydrogen-bond acceptors (Lipinski definition) is 4. The number of aromatic nitrogens is 1. The molecule has 27 heavy (non-hydrogen) atoms. The van der Waals surface area contributed by atoms with Crippen LogP contribution in [0, 0.1) is 0 Å². The number of nitrogens with zero attached hydrogens (tertiary/aromatic N) is 1. The van der Waals surface area contributed by atoms with Crippen LogP contribution in [0.3, 0.4) is 0 Å². The van der Waals surface area contributed by atoms with Crippen LogP contribution in [0.15, 0.2) is 59.1 Å². The van der Waals surface area contributed by atoms with E-state index in [1.165, 1.54) is 18.2 Å². The Morgan fingerprint density at radius 3 is 2.70 bits per heavy atom. The Bertz CT molecular complexity index is 931. The summed E-state index contributed by atoms with van der Waals surface area (Å²) in [5.74, 6) is 0.402. The predicted octanol–water partition coefficient (Wildman–Crippen LogP) is 5.17. The second-order valence-corrected chi connectivity index (χ2v) is 5.93. The van der Waals surface area contributed by atoms with E-state index < -0.39 is 6.61 Å². The maximum Gasteiger partial charge on any atom is 0.387 e. The molecule has 1 amide bonds. The van der Waals surface area contributed by atoms with Crippen molar-refractivity contribution >= 4 is 23.2 Å². The molecular weight excluding hydrogens is 378 g/mol. The molecule has 0 saturated carbocycles. The molecule has 0 aliphatic heterocycles. The lowest BCUT2D eigenvalue weighted by Crippen LogP contribution is -2.14. The minimum absolute atomic E-state index is 0.0610. The van der Waals surface area contributed by atoms with E-state index in [2.05, 4.69) is 15.0 Å². The molecule has 2 aromatic carbocycles. The summed E-state index contributed by atoms with van der Waals surface area (Å²) in [5.41, 5.74) is 0.882. The first kappa shape index (κ1) is 18.8. The fourth-order valence-electron chi connectivity index (χ4n) is 2.41. The fourth-order valence-corrected chi connectivity index (χ4v) is 2.64. The summed E-state index contributed by atoms with van der Waals surface area (Å²) < 4.78 is 34.8. The van der Waals surface area contributed by atoms with Gasteiger partial charge in [0.05, 0.1) is 16.9 Å². The van der Waals surface area contributed by atoms with Crippen molar-refractivity contribution in [3.05, 3.63) is 65.6 Å². The van der Waals surface area contributed by atoms with E-state index in [-0.39, 0.29) is 30.2 Å². The lowest BCUT2D eigenvalue weighted by molar-refractivity contribution is -0.116. The number of hydrogen-bond donors (Lipinski definition) is 1. The van der Waals surface area contributed by atoms with E-state index in [1.54, 1.807) is 24.4 Å². The second-order valence-electron chi connectivity index (χ2n) is 5.52. The molecule has 0 saturated heterocycles. The first-order valence-corrected chi connectivity index (χ1v) is 8.44. The van der Waals surface area contributed by atoms with E-state index in [9.17, 15) is 13.6 Å². The maximum atomic E-state index is 12.4. The molecule has 0 aliphatic carbocycles. The van der Waals surface area contributed by atoms with Crippen LogP contribution in [-0.2, 0) is 11.2 Å². The van der Waals surface area contributed by atoms with Crippen molar-refractivity contribution in [2.24, 2.45) is 0 Å². The van der Waals surface area contributed by atoms with Gasteiger partial charge in [-0.25, -0.2) is 4.98 Å². The highest BCUT2D eigenvalue weighted by Crippen LogP contribution is 2.28. The van der Waals surface area contributed by atoms with Gasteiger partial charge in [0.25, 0.3) is 0 Å². The van der Waals surface area contributed by atoms with Crippen LogP contribution in [-0.4, -0.2) is 17.5 Å². The number of oxazole rings is 1. The fraction of sp³-hybridized carbons (Fsp3) is 0.158. The molecule has 0 radical (unpaired) electrons. The van der Waals surface area contributed by atoms with Gasteiger partial charge in [0.15, 0.2) is 11.7 Å². The average Bonchev–Trinajstić information content (AvgIpc) is 3.10. The zero-order valence-electron chi connectivity index (χ0n) is 14.0. The van der Waals surface area contributed by atoms with Crippen LogP contribution in [0.5, 0.6) is 5.75 Å². The topological polar surface area (TPSA) is 64.4 Å². The van der Waals surface area contributed by atoms with Crippen LogP contribution in [0.2, 0.25) is 5.02 Å². The molecule has 0 fully saturated rings. The van der Waals surface area contributed by atoms with E-state index in [0.29, 0.717) is 22.2 Å². The number of ether oxygens (including phenoxy) is 1. The minimum Gasteiger partial charge on any atom is -0.441 e. The number of para-hydroxylation sites is 2. The number of carbonyl (C=O) groups excluding carboxylic acids is 1. The zero-order valence-corrected chi connectivity index (χ0v) is 14.7. The Morgan fingerprint density at radius 2 is 1.93 bits per heavy atom. The van der Waals surface area contributed by atoms with Crippen molar-refractivity contribution in [2.75, 3.05) is 5.32 Å². The number of nitrogens with one attached hydrogen (secondary N) is 1. The molecule has 140 valence electrons. The number of amides is 1. The Labute approximate surface area is 158 Å². The zero-order chi connectivity index (χ0) is 19.2. The Kier molecular flexibility index (Phi) is 6.03. The van der Waals surface area contributed by atoms with Crippen LogP contribution in [0.1, 0.15) is 12.3 Å². The summed E-state index contributed by atoms with van der Waals surface area (Å²) in [5, 5.41) is 3.08. The highest BCUT2D eigenvalue weighted by molar-refractivity contribution is 6.33. The summed E-state index contributed by atoms with van der Waals surface area (Å²) in [6.45, 7) is -2.97. The largest absolute Gasteiger partial charge is 0.441 e. The molecule has 1 N–H and O–H groups in total. The third-order valence-electron chi connectivity index (χ3n) is 3.64. The van der Waals surface area contributed by atoms with Crippen molar-refractivity contribution in [1.82, 2.24) is 4.98 Å². The van der Waals surface area contributed by atoms with E-state index >= 15 is 0 Å². The summed E-state index contributed by atoms with van der Waals surface area (Å²) >= 11 is 6.12. The van der Waals surface area contributed by atoms with Gasteiger partial charge in [0.1, 0.15) is 5.75 Å². The molecule has 8 heteroatoms. The molecular formula is C19H15ClF2N2O3. The summed E-state index contributed by atoms with van der Waals surface area (Å²) in [6.07, 6.45) is 1.85. The highest BCUT2D eigenvalue weighted by Gasteiger charge is 2.14. The lowest BCUT2D eigenvalue weighted by Gasteiger charge is -2.11. The van der Waals surface area contributed by atoms with E-state index in [1.807, 2.05) is 12.1 Å². The summed E-state index contributed by atoms with van der Waals surface area (Å²) in [6, 6.07) is 13.2. The van der Waals surface area contributed by atoms with E-state index in [0.717, 1.165) is 0 Å². The van der Waals surface area contributed by atoms with Gasteiger partial charge in [-0.15, -0.1) is 0 Å². The molecule has 1 heterocycles. The summed E-state index contributed by atoms with van der Waals surface area (Å²) in [4.78, 5) is 16.3. The van der Waals surface area contributed by atoms with Gasteiger partial charge in [-0.1, -0.05) is 35.9 Å². The Balaban J connectivity index is 1.60. The maximum absolute atomic E-state index is 12.4. The molecule has 0 unspecified atom stereocenters. The van der Waals surface area contributed by atoms with Gasteiger partial charge >= 0.3 is 6.61 Å². The standard InChI is InChI=1S/C19H15ClF2N2O3/c20-13-6-2-1-5-12(13)16-11-23-18(26-16)10-9-17(25)24-14-7-3-4-8-15(14)27-19(21)22/h1-8,11,19H,9-10H2,(H,24,25). The van der Waals surface area contributed by atoms with Gasteiger partial charge in [0.2, 0.25) is 5.91 Å². The molecule has 1 aromatic heterocycles. The number of halogens is 3. The Hall–Kier alpha value is -2.93. The SMILES string of the molecule is O=C(CCc1ncc(-c2ccccc2Cl)o1)Nc1ccccc1OC(F)F. The minimum atomic E-state index is -2.97. The molecule has 0 atom stereocenters. The van der Waals surface area contributed by atoms with Gasteiger partial charge in [-0.05, 0) is 24.3 Å². The second kappa shape index (κ2) is 8.64. The monoisotopic (exact) mass is 392 g/mol. The molecule has 3 aromatic rings. The summed E-state index contributed by atoms with van der Waals surface area (Å²) in [7, 11) is 0. The Morgan fingerprint density at radius 1 is 1.19 bits per heavy atom. The first-order valence-electron chi connectivity index (χ1n) is 8.06. The van der Waals surface area contributed by atoms with Gasteiger partial charge in [0, 0.05) is 18.4 Å². The molecule has 5 nitrogen and oxygen atoms in total. The van der Waals surface area contributed by atoms with E-state index in [4.69, 9.17) is 16.0 Å². The van der Waals surface area contributed by atoms with Crippen LogP contribution < -0.4 is 10.1 Å². The normalized spacial score (nSPS) is 10.8. The van der Waals surface area contributed by atoms with Crippen molar-refractivity contribution in [2.45, 2.75) is 19.5 Å². The average molecular weight is 393 g/mol. The molecule has 0 bridgehead atoms. The third-order valence-corrected chi connectivity index (χ3v) is 3.97. The van der Waals surface area contributed by atoms with Gasteiger partial charge < -0.3 is 14.5 Å². The molecule has 0 aliphatic rings. The van der Waals surface area contributed by atoms with Crippen molar-refractivity contribution in [3.8, 4) is 17.1 Å². The van der Waals surface area contributed by atoms with Crippen molar-refractivity contribution in [1.29, 1.82) is 0 Å². The number of aryl methyl sites for hydroxylation is 1. The van der Waals surface area contributed by atoms with Crippen molar-refractivity contribution < 1.29 is 22.7 Å². The number of benzene rings is 2. The number of carbonyl (C=O) groups is 1. The smallest absolute Gasteiger partial charge is 0.387 e. The highest BCUT2D eigenvalue weighted by atomic mass is 35.5. The third kappa shape index (κ3) is 5.04. The quantitative estimate of drug-likeness (QED) is 0.602. The molecule has 0 spiro atoms. The van der Waals surface area contributed by atoms with Gasteiger partial charge in [-0.2, -0.15) is 8.78 Å². The number of anilines is 1. The van der Waals surface area contributed by atoms with Gasteiger partial charge in [-0.3, -0.25) is 4.79 Å². The number of rotatable bonds is 7. The van der Waals surface area contributed by atoms with Crippen molar-refractivity contribution in [3.63, 3.8) is 0 Å². The lowest BCUT2D eigenvalue weighted by atomic mass is 10.2. The van der Waals surface area contributed by atoms with Crippen LogP contribution in [0.25, 0.3) is 11.3 Å². The van der Waals surface area contributed by atoms with Crippen LogP contribution in [0.4, 0.5) is 14.5 Å². The first-order chi connectivity index (χ1) is 13.0. The van der Waals surface area contributed by atoms with Crippen LogP contribution >= 0.6 is 11.6 Å². The molecule has 3 rings (SSSR count). The predicted molar refractivity (Wildman–Crippen MR) is 97.0 cm³/mol. The number of alkyl halides is 2.